The summed E-state index contributed by atoms with van der Waals surface area (Å²) in [6.45, 7) is 45.4. The minimum Gasteiger partial charge on any atom is -0.507 e. The van der Waals surface area contributed by atoms with Crippen LogP contribution in [0.4, 0.5) is 0 Å². The Morgan fingerprint density at radius 2 is 0.412 bits per heavy atom. The quantitative estimate of drug-likeness (QED) is 0.0473. The van der Waals surface area contributed by atoms with Crippen LogP contribution in [0.5, 0.6) is 23.0 Å². The fourth-order valence-corrected chi connectivity index (χ4v) is 9.58. The van der Waals surface area contributed by atoms with Crippen molar-refractivity contribution >= 4 is 48.2 Å². The van der Waals surface area contributed by atoms with E-state index >= 15 is 0 Å². The fourth-order valence-electron chi connectivity index (χ4n) is 9.58. The van der Waals surface area contributed by atoms with E-state index in [2.05, 4.69) is 0 Å². The highest BCUT2D eigenvalue weighted by Gasteiger charge is 2.38. The Balaban J connectivity index is 1.87. The third-order valence-corrected chi connectivity index (χ3v) is 14.7. The van der Waals surface area contributed by atoms with E-state index in [-0.39, 0.29) is 23.0 Å². The van der Waals surface area contributed by atoms with Gasteiger partial charge in [-0.25, -0.2) is 19.2 Å². The number of aromatic hydroxyl groups is 4. The second kappa shape index (κ2) is 25.9. The van der Waals surface area contributed by atoms with E-state index in [0.717, 1.165) is 0 Å². The van der Waals surface area contributed by atoms with E-state index in [4.69, 9.17) is 18.9 Å². The van der Waals surface area contributed by atoms with Crippen molar-refractivity contribution in [2.75, 3.05) is 26.4 Å². The molecule has 0 radical (unpaired) electrons. The zero-order valence-electron chi connectivity index (χ0n) is 55.6. The van der Waals surface area contributed by atoms with Gasteiger partial charge < -0.3 is 39.4 Å². The average Bonchev–Trinajstić information content (AvgIpc) is 1.83. The van der Waals surface area contributed by atoms with Crippen molar-refractivity contribution in [1.82, 2.24) is 0 Å². The topological polar surface area (TPSA) is 186 Å². The van der Waals surface area contributed by atoms with Crippen molar-refractivity contribution < 1.29 is 58.6 Å². The van der Waals surface area contributed by atoms with Gasteiger partial charge in [-0.3, -0.25) is 0 Å². The maximum absolute atomic E-state index is 14.0. The summed E-state index contributed by atoms with van der Waals surface area (Å²) in [5.41, 5.74) is 2.75. The molecule has 12 nitrogen and oxygen atoms in total. The first kappa shape index (κ1) is 70.4. The van der Waals surface area contributed by atoms with Crippen molar-refractivity contribution in [3.63, 3.8) is 0 Å². The zero-order chi connectivity index (χ0) is 65.0. The predicted molar refractivity (Wildman–Crippen MR) is 344 cm³/mol. The first-order chi connectivity index (χ1) is 38.4. The summed E-state index contributed by atoms with van der Waals surface area (Å²) in [5.74, 6) is -2.57. The van der Waals surface area contributed by atoms with Crippen molar-refractivity contribution in [2.24, 2.45) is 5.41 Å². The minimum absolute atomic E-state index is 0.176. The van der Waals surface area contributed by atoms with Gasteiger partial charge in [-0.15, -0.1) is 0 Å². The highest BCUT2D eigenvalue weighted by molar-refractivity contribution is 5.89. The number of hydrogen-bond acceptors (Lipinski definition) is 12. The molecule has 0 aliphatic carbocycles. The normalized spacial score (nSPS) is 14.1. The summed E-state index contributed by atoms with van der Waals surface area (Å²) in [5, 5.41) is 45.5. The van der Waals surface area contributed by atoms with Gasteiger partial charge in [0.1, 0.15) is 54.8 Å². The molecule has 0 aliphatic rings. The Kier molecular flexibility index (Phi) is 21.4. The van der Waals surface area contributed by atoms with E-state index in [1.165, 1.54) is 24.3 Å². The van der Waals surface area contributed by atoms with E-state index in [9.17, 15) is 39.6 Å². The fraction of sp³-hybridized carbons (Fsp3) is 0.507. The van der Waals surface area contributed by atoms with Gasteiger partial charge in [0.05, 0.1) is 0 Å². The summed E-state index contributed by atoms with van der Waals surface area (Å²) >= 11 is 0. The Labute approximate surface area is 508 Å². The van der Waals surface area contributed by atoms with E-state index < -0.39 is 99.0 Å². The Morgan fingerprint density at radius 1 is 0.282 bits per heavy atom. The molecular weight excluding hydrogens is 1070 g/mol. The lowest BCUT2D eigenvalue weighted by Gasteiger charge is -2.31. The molecule has 0 saturated heterocycles. The molecule has 0 unspecified atom stereocenters. The van der Waals surface area contributed by atoms with Crippen LogP contribution in [-0.2, 0) is 81.4 Å². The summed E-state index contributed by atoms with van der Waals surface area (Å²) in [6, 6.07) is 14.5. The van der Waals surface area contributed by atoms with Gasteiger partial charge in [-0.2, -0.15) is 0 Å². The van der Waals surface area contributed by atoms with E-state index in [1.807, 2.05) is 215 Å². The first-order valence-electron chi connectivity index (χ1n) is 29.4. The molecule has 85 heavy (non-hydrogen) atoms. The van der Waals surface area contributed by atoms with Crippen LogP contribution in [0.15, 0.2) is 72.8 Å². The minimum atomic E-state index is -1.72. The van der Waals surface area contributed by atoms with Gasteiger partial charge in [0, 0.05) is 68.8 Å². The molecule has 4 N–H and O–H groups in total. The van der Waals surface area contributed by atoms with E-state index in [0.29, 0.717) is 66.8 Å². The van der Waals surface area contributed by atoms with Crippen LogP contribution in [-0.4, -0.2) is 70.7 Å². The lowest BCUT2D eigenvalue weighted by molar-refractivity contribution is -0.164. The van der Waals surface area contributed by atoms with Crippen LogP contribution < -0.4 is 0 Å². The summed E-state index contributed by atoms with van der Waals surface area (Å²) in [6.07, 6.45) is 11.2. The number of carbonyl (C=O) groups is 4. The highest BCUT2D eigenvalue weighted by atomic mass is 16.6. The molecule has 0 saturated carbocycles. The second-order valence-electron chi connectivity index (χ2n) is 31.1. The lowest BCUT2D eigenvalue weighted by atomic mass is 9.78. The van der Waals surface area contributed by atoms with Crippen LogP contribution in [0.2, 0.25) is 0 Å². The molecule has 0 heterocycles. The maximum atomic E-state index is 14.0. The Hall–Kier alpha value is -7.08. The van der Waals surface area contributed by atoms with Crippen LogP contribution in [0.25, 0.3) is 24.3 Å². The van der Waals surface area contributed by atoms with E-state index in [1.54, 1.807) is 24.3 Å². The van der Waals surface area contributed by atoms with Gasteiger partial charge >= 0.3 is 23.9 Å². The molecule has 0 aromatic heterocycles. The molecule has 464 valence electrons. The smallest absolute Gasteiger partial charge is 0.330 e. The Morgan fingerprint density at radius 3 is 0.529 bits per heavy atom. The molecule has 12 heteroatoms. The molecule has 0 spiro atoms. The molecular formula is C73H100O12. The first-order valence-corrected chi connectivity index (χ1v) is 29.4. The second-order valence-corrected chi connectivity index (χ2v) is 31.1. The van der Waals surface area contributed by atoms with Gasteiger partial charge in [-0.05, 0) is 138 Å². The van der Waals surface area contributed by atoms with Crippen molar-refractivity contribution in [3.05, 3.63) is 140 Å². The summed E-state index contributed by atoms with van der Waals surface area (Å²) in [7, 11) is 0. The average molecular weight is 1170 g/mol. The molecule has 4 aromatic carbocycles. The number of phenolic OH excluding ortho intramolecular Hbond substituents is 4. The molecule has 0 amide bonds. The zero-order valence-corrected chi connectivity index (χ0v) is 55.6. The SMILES string of the molecule is CC(C)(C)c1cc(C=CC(=O)OCC(COC(=O)C=Cc2cc(C(C)(C)C)c(O)c(C(C)(C)C)c2)(COC(=O)C=Cc2cc(C(C)(C)C)c(O)c(C(C)(C)C)c2)COC(=O)C=Cc2cc(C(C)(C)C)c(O)c(C(C)(C)C)c2)cc(C(C)(C)C)c1O. The van der Waals surface area contributed by atoms with Gasteiger partial charge in [-0.1, -0.05) is 166 Å². The van der Waals surface area contributed by atoms with Crippen molar-refractivity contribution in [2.45, 2.75) is 209 Å². The molecule has 4 aromatic rings. The standard InChI is InChI=1S/C73H100O12/c1-65(2,3)49-33-45(34-50(61(49)78)66(4,5)6)25-29-57(74)82-41-73(42-83-58(75)30-26-46-35-51(67(7,8)9)62(79)52(36-46)68(10,11)12,43-84-59(76)31-27-47-37-53(69(13,14)15)63(80)54(38-47)70(16,17)18)44-85-60(77)32-28-48-39-55(71(19,20)21)64(81)56(40-48)72(22,23)24/h25-40,78-81H,41-44H2,1-24H3. The third kappa shape index (κ3) is 19.5. The van der Waals surface area contributed by atoms with Crippen molar-refractivity contribution in [3.8, 4) is 23.0 Å². The number of ether oxygens (including phenoxy) is 4. The maximum Gasteiger partial charge on any atom is 0.330 e. The molecule has 4 rings (SSSR count). The van der Waals surface area contributed by atoms with Gasteiger partial charge in [0.25, 0.3) is 0 Å². The summed E-state index contributed by atoms with van der Waals surface area (Å²) in [4.78, 5) is 55.9. The lowest BCUT2D eigenvalue weighted by Crippen LogP contribution is -2.43. The van der Waals surface area contributed by atoms with Gasteiger partial charge in [0.2, 0.25) is 0 Å². The number of carbonyl (C=O) groups excluding carboxylic acids is 4. The largest absolute Gasteiger partial charge is 0.507 e. The van der Waals surface area contributed by atoms with Crippen molar-refractivity contribution in [1.29, 1.82) is 0 Å². The molecule has 0 aliphatic heterocycles. The number of phenols is 4. The predicted octanol–water partition coefficient (Wildman–Crippen LogP) is 16.2. The number of rotatable bonds is 16. The highest BCUT2D eigenvalue weighted by Crippen LogP contribution is 2.44. The molecule has 0 atom stereocenters. The number of benzene rings is 4. The molecule has 0 bridgehead atoms. The third-order valence-electron chi connectivity index (χ3n) is 14.7. The Bertz CT molecular complexity index is 2650. The van der Waals surface area contributed by atoms with Crippen LogP contribution >= 0.6 is 0 Å². The molecule has 0 fully saturated rings. The summed E-state index contributed by atoms with van der Waals surface area (Å²) < 4.78 is 23.8. The van der Waals surface area contributed by atoms with Crippen LogP contribution in [0, 0.1) is 5.41 Å². The van der Waals surface area contributed by atoms with Crippen LogP contribution in [0.3, 0.4) is 0 Å². The monoisotopic (exact) mass is 1170 g/mol. The number of esters is 4. The van der Waals surface area contributed by atoms with Crippen LogP contribution in [0.1, 0.15) is 233 Å². The number of hydrogen-bond donors (Lipinski definition) is 4. The van der Waals surface area contributed by atoms with Gasteiger partial charge in [0.15, 0.2) is 0 Å².